The molecule has 2 heterocycles. The van der Waals surface area contributed by atoms with Crippen LogP contribution in [-0.4, -0.2) is 36.9 Å². The topological polar surface area (TPSA) is 82.4 Å². The van der Waals surface area contributed by atoms with Crippen molar-refractivity contribution in [2.75, 3.05) is 25.5 Å². The van der Waals surface area contributed by atoms with Crippen molar-refractivity contribution >= 4 is 28.2 Å². The highest BCUT2D eigenvalue weighted by molar-refractivity contribution is 7.18. The monoisotopic (exact) mass is 397 g/mol. The van der Waals surface area contributed by atoms with Crippen molar-refractivity contribution in [2.24, 2.45) is 0 Å². The molecule has 1 aromatic carbocycles. The van der Waals surface area contributed by atoms with E-state index in [4.69, 9.17) is 4.74 Å². The molecular formula is C21H23N3O3S. The van der Waals surface area contributed by atoms with Crippen molar-refractivity contribution in [3.05, 3.63) is 45.8 Å². The van der Waals surface area contributed by atoms with Crippen molar-refractivity contribution in [3.63, 3.8) is 0 Å². The van der Waals surface area contributed by atoms with E-state index in [9.17, 15) is 14.9 Å². The first-order valence-corrected chi connectivity index (χ1v) is 10.1. The number of piperidine rings is 1. The van der Waals surface area contributed by atoms with Gasteiger partial charge < -0.3 is 15.0 Å². The van der Waals surface area contributed by atoms with E-state index in [1.165, 1.54) is 11.3 Å². The molecule has 1 fully saturated rings. The van der Waals surface area contributed by atoms with Gasteiger partial charge in [0.25, 0.3) is 5.91 Å². The van der Waals surface area contributed by atoms with E-state index < -0.39 is 0 Å². The van der Waals surface area contributed by atoms with Crippen LogP contribution in [0.2, 0.25) is 0 Å². The first-order chi connectivity index (χ1) is 13.5. The Morgan fingerprint density at radius 1 is 1.21 bits per heavy atom. The minimum absolute atomic E-state index is 0.0469. The number of nitrogens with one attached hydrogen (secondary N) is 1. The quantitative estimate of drug-likeness (QED) is 0.833. The van der Waals surface area contributed by atoms with Crippen molar-refractivity contribution in [1.82, 2.24) is 4.90 Å². The SMILES string of the molecule is COc1ccc(CC(=O)Nc2sc(C(=O)N3CCCCC3)c(C)c2C#N)cc1. The largest absolute Gasteiger partial charge is 0.497 e. The van der Waals surface area contributed by atoms with Crippen molar-refractivity contribution in [1.29, 1.82) is 5.26 Å². The molecule has 0 bridgehead atoms. The normalized spacial score (nSPS) is 13.7. The van der Waals surface area contributed by atoms with Crippen molar-refractivity contribution in [2.45, 2.75) is 32.6 Å². The summed E-state index contributed by atoms with van der Waals surface area (Å²) in [5.41, 5.74) is 1.85. The second-order valence-electron chi connectivity index (χ2n) is 6.80. The molecule has 7 heteroatoms. The number of anilines is 1. The average Bonchev–Trinajstić information content (AvgIpc) is 3.03. The van der Waals surface area contributed by atoms with Gasteiger partial charge in [-0.2, -0.15) is 5.26 Å². The number of carbonyl (C=O) groups excluding carboxylic acids is 2. The molecule has 146 valence electrons. The van der Waals surface area contributed by atoms with Crippen LogP contribution in [0.25, 0.3) is 0 Å². The van der Waals surface area contributed by atoms with Crippen molar-refractivity contribution < 1.29 is 14.3 Å². The van der Waals surface area contributed by atoms with Crippen LogP contribution in [0.15, 0.2) is 24.3 Å². The fourth-order valence-corrected chi connectivity index (χ4v) is 4.42. The van der Waals surface area contributed by atoms with Gasteiger partial charge in [0, 0.05) is 13.1 Å². The molecule has 1 aliphatic heterocycles. The number of thiophene rings is 1. The zero-order valence-electron chi connectivity index (χ0n) is 16.1. The minimum Gasteiger partial charge on any atom is -0.497 e. The highest BCUT2D eigenvalue weighted by Gasteiger charge is 2.26. The van der Waals surface area contributed by atoms with Crippen LogP contribution in [0.3, 0.4) is 0 Å². The Bertz CT molecular complexity index is 906. The molecule has 6 nitrogen and oxygen atoms in total. The van der Waals surface area contributed by atoms with Gasteiger partial charge in [-0.1, -0.05) is 12.1 Å². The fraction of sp³-hybridized carbons (Fsp3) is 0.381. The van der Waals surface area contributed by atoms with Gasteiger partial charge in [-0.25, -0.2) is 0 Å². The summed E-state index contributed by atoms with van der Waals surface area (Å²) >= 11 is 1.19. The third-order valence-corrected chi connectivity index (χ3v) is 6.07. The van der Waals surface area contributed by atoms with Gasteiger partial charge in [-0.3, -0.25) is 9.59 Å². The standard InChI is InChI=1S/C21H23N3O3S/c1-14-17(13-22)20(28-19(14)21(26)24-10-4-3-5-11-24)23-18(25)12-15-6-8-16(27-2)9-7-15/h6-9H,3-5,10-12H2,1-2H3,(H,23,25). The maximum atomic E-state index is 12.8. The Morgan fingerprint density at radius 2 is 1.89 bits per heavy atom. The molecular weight excluding hydrogens is 374 g/mol. The van der Waals surface area contributed by atoms with Gasteiger partial charge in [0.05, 0.1) is 24.0 Å². The van der Waals surface area contributed by atoms with Crippen LogP contribution in [0.1, 0.15) is 45.6 Å². The molecule has 0 unspecified atom stereocenters. The molecule has 28 heavy (non-hydrogen) atoms. The highest BCUT2D eigenvalue weighted by Crippen LogP contribution is 2.34. The lowest BCUT2D eigenvalue weighted by atomic mass is 10.1. The number of carbonyl (C=O) groups is 2. The van der Waals surface area contributed by atoms with E-state index in [1.807, 2.05) is 17.0 Å². The van der Waals surface area contributed by atoms with Gasteiger partial charge in [0.1, 0.15) is 16.8 Å². The Balaban J connectivity index is 1.74. The van der Waals surface area contributed by atoms with E-state index in [-0.39, 0.29) is 18.2 Å². The third kappa shape index (κ3) is 4.34. The number of nitriles is 1. The van der Waals surface area contributed by atoms with E-state index >= 15 is 0 Å². The molecule has 0 spiro atoms. The number of nitrogens with zero attached hydrogens (tertiary/aromatic N) is 2. The summed E-state index contributed by atoms with van der Waals surface area (Å²) in [6, 6.07) is 9.39. The lowest BCUT2D eigenvalue weighted by Gasteiger charge is -2.26. The number of likely N-dealkylation sites (tertiary alicyclic amines) is 1. The molecule has 2 amide bonds. The first kappa shape index (κ1) is 19.9. The number of hydrogen-bond acceptors (Lipinski definition) is 5. The third-order valence-electron chi connectivity index (χ3n) is 4.87. The van der Waals surface area contributed by atoms with Crippen LogP contribution in [0.4, 0.5) is 5.00 Å². The molecule has 0 aliphatic carbocycles. The number of rotatable bonds is 5. The summed E-state index contributed by atoms with van der Waals surface area (Å²) in [5.74, 6) is 0.458. The molecule has 0 saturated carbocycles. The molecule has 2 aromatic rings. The summed E-state index contributed by atoms with van der Waals surface area (Å²) in [6.07, 6.45) is 3.34. The zero-order chi connectivity index (χ0) is 20.1. The maximum Gasteiger partial charge on any atom is 0.264 e. The molecule has 1 saturated heterocycles. The molecule has 0 radical (unpaired) electrons. The van der Waals surface area contributed by atoms with E-state index in [1.54, 1.807) is 26.2 Å². The Morgan fingerprint density at radius 3 is 2.50 bits per heavy atom. The molecule has 0 atom stereocenters. The average molecular weight is 398 g/mol. The number of ether oxygens (including phenoxy) is 1. The summed E-state index contributed by atoms with van der Waals surface area (Å²) < 4.78 is 5.12. The zero-order valence-corrected chi connectivity index (χ0v) is 16.9. The Labute approximate surface area is 168 Å². The summed E-state index contributed by atoms with van der Waals surface area (Å²) in [7, 11) is 1.59. The molecule has 1 N–H and O–H groups in total. The second kappa shape index (κ2) is 8.89. The Hall–Kier alpha value is -2.85. The van der Waals surface area contributed by atoms with Gasteiger partial charge >= 0.3 is 0 Å². The van der Waals surface area contributed by atoms with Crippen molar-refractivity contribution in [3.8, 4) is 11.8 Å². The van der Waals surface area contributed by atoms with Crippen LogP contribution in [-0.2, 0) is 11.2 Å². The smallest absolute Gasteiger partial charge is 0.264 e. The predicted molar refractivity (Wildman–Crippen MR) is 109 cm³/mol. The number of methoxy groups -OCH3 is 1. The highest BCUT2D eigenvalue weighted by atomic mass is 32.1. The number of amides is 2. The summed E-state index contributed by atoms with van der Waals surface area (Å²) in [6.45, 7) is 3.26. The van der Waals surface area contributed by atoms with E-state index in [0.29, 0.717) is 21.0 Å². The van der Waals surface area contributed by atoms with E-state index in [2.05, 4.69) is 11.4 Å². The van der Waals surface area contributed by atoms with Gasteiger partial charge in [0.2, 0.25) is 5.91 Å². The predicted octanol–water partition coefficient (Wildman–Crippen LogP) is 3.74. The van der Waals surface area contributed by atoms with Gasteiger partial charge in [-0.05, 0) is 49.4 Å². The summed E-state index contributed by atoms with van der Waals surface area (Å²) in [5, 5.41) is 12.8. The van der Waals surface area contributed by atoms with Crippen LogP contribution >= 0.6 is 11.3 Å². The minimum atomic E-state index is -0.222. The lowest BCUT2D eigenvalue weighted by molar-refractivity contribution is -0.115. The Kier molecular flexibility index (Phi) is 6.32. The molecule has 1 aliphatic rings. The van der Waals surface area contributed by atoms with Crippen LogP contribution in [0, 0.1) is 18.3 Å². The number of hydrogen-bond donors (Lipinski definition) is 1. The molecule has 3 rings (SSSR count). The first-order valence-electron chi connectivity index (χ1n) is 9.29. The molecule has 1 aromatic heterocycles. The van der Waals surface area contributed by atoms with Crippen LogP contribution in [0.5, 0.6) is 5.75 Å². The second-order valence-corrected chi connectivity index (χ2v) is 7.82. The van der Waals surface area contributed by atoms with E-state index in [0.717, 1.165) is 43.7 Å². The summed E-state index contributed by atoms with van der Waals surface area (Å²) in [4.78, 5) is 27.7. The van der Waals surface area contributed by atoms with Gasteiger partial charge in [-0.15, -0.1) is 11.3 Å². The number of benzene rings is 1. The van der Waals surface area contributed by atoms with Crippen LogP contribution < -0.4 is 10.1 Å². The fourth-order valence-electron chi connectivity index (χ4n) is 3.28. The maximum absolute atomic E-state index is 12.8. The van der Waals surface area contributed by atoms with Gasteiger partial charge in [0.15, 0.2) is 0 Å². The lowest BCUT2D eigenvalue weighted by Crippen LogP contribution is -2.35.